The first kappa shape index (κ1) is 15.6. The Bertz CT molecular complexity index is 518. The molecule has 0 aromatic carbocycles. The molecule has 0 atom stereocenters. The van der Waals surface area contributed by atoms with Crippen molar-refractivity contribution >= 4 is 12.1 Å². The summed E-state index contributed by atoms with van der Waals surface area (Å²) < 4.78 is 1.92. The lowest BCUT2D eigenvalue weighted by Crippen LogP contribution is -2.55. The Balaban J connectivity index is 1.37. The zero-order valence-electron chi connectivity index (χ0n) is 13.4. The van der Waals surface area contributed by atoms with Gasteiger partial charge in [0.15, 0.2) is 0 Å². The molecule has 2 aliphatic rings. The number of carbonyl (C=O) groups excluding carboxylic acids is 2. The van der Waals surface area contributed by atoms with Crippen molar-refractivity contribution in [3.63, 3.8) is 0 Å². The van der Waals surface area contributed by atoms with Gasteiger partial charge >= 0.3 is 12.1 Å². The third kappa shape index (κ3) is 3.94. The van der Waals surface area contributed by atoms with Crippen molar-refractivity contribution in [2.45, 2.75) is 19.4 Å². The number of hydrogen-bond acceptors (Lipinski definition) is 3. The number of nitrogens with one attached hydrogen (secondary N) is 1. The van der Waals surface area contributed by atoms with Gasteiger partial charge in [-0.2, -0.15) is 0 Å². The molecule has 8 heteroatoms. The molecule has 3 rings (SSSR count). The maximum absolute atomic E-state index is 12.3. The van der Waals surface area contributed by atoms with Gasteiger partial charge in [-0.1, -0.05) is 0 Å². The number of urea groups is 2. The van der Waals surface area contributed by atoms with Gasteiger partial charge in [0, 0.05) is 64.8 Å². The summed E-state index contributed by atoms with van der Waals surface area (Å²) in [5.74, 6) is 0. The van der Waals surface area contributed by atoms with Crippen molar-refractivity contribution in [3.05, 3.63) is 18.7 Å². The van der Waals surface area contributed by atoms with Crippen LogP contribution in [0.25, 0.3) is 0 Å². The van der Waals surface area contributed by atoms with E-state index in [2.05, 4.69) is 10.3 Å². The molecule has 2 aliphatic heterocycles. The lowest BCUT2D eigenvalue weighted by molar-refractivity contribution is 0.124. The van der Waals surface area contributed by atoms with Crippen LogP contribution in [0.2, 0.25) is 0 Å². The second-order valence-corrected chi connectivity index (χ2v) is 5.98. The molecule has 0 saturated carbocycles. The highest BCUT2D eigenvalue weighted by Gasteiger charge is 2.28. The molecule has 2 saturated heterocycles. The van der Waals surface area contributed by atoms with E-state index in [1.807, 2.05) is 20.6 Å². The molecule has 4 amide bonds. The molecule has 0 unspecified atom stereocenters. The van der Waals surface area contributed by atoms with Crippen molar-refractivity contribution in [2.24, 2.45) is 0 Å². The maximum Gasteiger partial charge on any atom is 0.320 e. The molecule has 23 heavy (non-hydrogen) atoms. The van der Waals surface area contributed by atoms with E-state index < -0.39 is 0 Å². The fraction of sp³-hybridized carbons (Fsp3) is 0.667. The van der Waals surface area contributed by atoms with Gasteiger partial charge in [-0.15, -0.1) is 0 Å². The second kappa shape index (κ2) is 7.34. The molecule has 126 valence electrons. The summed E-state index contributed by atoms with van der Waals surface area (Å²) in [5.41, 5.74) is 0. The fourth-order valence-electron chi connectivity index (χ4n) is 3.03. The van der Waals surface area contributed by atoms with Crippen LogP contribution in [0.4, 0.5) is 9.59 Å². The van der Waals surface area contributed by atoms with E-state index in [0.717, 1.165) is 25.9 Å². The Morgan fingerprint density at radius 3 is 2.26 bits per heavy atom. The zero-order chi connectivity index (χ0) is 16.1. The van der Waals surface area contributed by atoms with Gasteiger partial charge in [0.1, 0.15) is 0 Å². The molecule has 0 bridgehead atoms. The quantitative estimate of drug-likeness (QED) is 0.877. The van der Waals surface area contributed by atoms with Crippen LogP contribution < -0.4 is 5.32 Å². The third-order valence-corrected chi connectivity index (χ3v) is 4.42. The monoisotopic (exact) mass is 320 g/mol. The number of imidazole rings is 1. The van der Waals surface area contributed by atoms with Crippen molar-refractivity contribution in [1.29, 1.82) is 0 Å². The van der Waals surface area contributed by atoms with Crippen LogP contribution in [0.3, 0.4) is 0 Å². The van der Waals surface area contributed by atoms with Crippen LogP contribution in [0, 0.1) is 0 Å². The minimum absolute atomic E-state index is 0.0570. The molecular formula is C15H24N6O2. The third-order valence-electron chi connectivity index (χ3n) is 4.42. The number of nitrogens with zero attached hydrogens (tertiary/aromatic N) is 5. The lowest BCUT2D eigenvalue weighted by atomic mass is 10.3. The van der Waals surface area contributed by atoms with Crippen molar-refractivity contribution in [1.82, 2.24) is 29.6 Å². The number of piperazine rings is 1. The predicted molar refractivity (Wildman–Crippen MR) is 85.0 cm³/mol. The van der Waals surface area contributed by atoms with E-state index in [1.54, 1.807) is 17.4 Å². The molecule has 1 aromatic heterocycles. The van der Waals surface area contributed by atoms with E-state index in [9.17, 15) is 9.59 Å². The van der Waals surface area contributed by atoms with Crippen LogP contribution in [0.1, 0.15) is 12.8 Å². The molecule has 0 spiro atoms. The Hall–Kier alpha value is -2.25. The van der Waals surface area contributed by atoms with E-state index in [1.165, 1.54) is 0 Å². The first-order valence-corrected chi connectivity index (χ1v) is 8.26. The minimum atomic E-state index is -0.0570. The maximum atomic E-state index is 12.3. The van der Waals surface area contributed by atoms with Gasteiger partial charge < -0.3 is 24.6 Å². The molecule has 8 nitrogen and oxygen atoms in total. The second-order valence-electron chi connectivity index (χ2n) is 5.98. The van der Waals surface area contributed by atoms with Gasteiger partial charge in [-0.25, -0.2) is 14.6 Å². The topological polar surface area (TPSA) is 73.7 Å². The average Bonchev–Trinajstić information content (AvgIpc) is 3.28. The number of amides is 4. The number of aromatic nitrogens is 2. The predicted octanol–water partition coefficient (Wildman–Crippen LogP) is 0.426. The normalized spacial score (nSPS) is 18.3. The van der Waals surface area contributed by atoms with E-state index in [4.69, 9.17) is 0 Å². The Morgan fingerprint density at radius 1 is 0.957 bits per heavy atom. The molecule has 1 aromatic rings. The van der Waals surface area contributed by atoms with Gasteiger partial charge in [-0.05, 0) is 12.8 Å². The molecule has 3 heterocycles. The fourth-order valence-corrected chi connectivity index (χ4v) is 3.03. The van der Waals surface area contributed by atoms with E-state index in [0.29, 0.717) is 39.3 Å². The minimum Gasteiger partial charge on any atom is -0.336 e. The van der Waals surface area contributed by atoms with Crippen molar-refractivity contribution in [2.75, 3.05) is 45.8 Å². The molecular weight excluding hydrogens is 296 g/mol. The highest BCUT2D eigenvalue weighted by Crippen LogP contribution is 2.12. The molecule has 2 fully saturated rings. The first-order valence-electron chi connectivity index (χ1n) is 8.26. The lowest BCUT2D eigenvalue weighted by Gasteiger charge is -2.36. The SMILES string of the molecule is O=C(NCCn1ccnc1)N1CCN(C(=O)N2CCCC2)CC1. The molecule has 0 aliphatic carbocycles. The summed E-state index contributed by atoms with van der Waals surface area (Å²) in [7, 11) is 0. The molecule has 0 radical (unpaired) electrons. The van der Waals surface area contributed by atoms with Gasteiger partial charge in [0.05, 0.1) is 6.33 Å². The first-order chi connectivity index (χ1) is 11.2. The van der Waals surface area contributed by atoms with Crippen molar-refractivity contribution < 1.29 is 9.59 Å². The number of carbonyl (C=O) groups is 2. The highest BCUT2D eigenvalue weighted by molar-refractivity contribution is 5.76. The number of hydrogen-bond donors (Lipinski definition) is 1. The average molecular weight is 320 g/mol. The van der Waals surface area contributed by atoms with Crippen LogP contribution in [-0.4, -0.2) is 82.1 Å². The summed E-state index contributed by atoms with van der Waals surface area (Å²) in [6, 6.07) is 0.0704. The van der Waals surface area contributed by atoms with Crippen LogP contribution in [0.5, 0.6) is 0 Å². The Kier molecular flexibility index (Phi) is 4.99. The van der Waals surface area contributed by atoms with Crippen LogP contribution >= 0.6 is 0 Å². The van der Waals surface area contributed by atoms with Crippen LogP contribution in [-0.2, 0) is 6.54 Å². The smallest absolute Gasteiger partial charge is 0.320 e. The molecule has 1 N–H and O–H groups in total. The van der Waals surface area contributed by atoms with Gasteiger partial charge in [-0.3, -0.25) is 0 Å². The largest absolute Gasteiger partial charge is 0.336 e. The summed E-state index contributed by atoms with van der Waals surface area (Å²) in [6.45, 7) is 5.43. The van der Waals surface area contributed by atoms with Gasteiger partial charge in [0.2, 0.25) is 0 Å². The van der Waals surface area contributed by atoms with Crippen LogP contribution in [0.15, 0.2) is 18.7 Å². The van der Waals surface area contributed by atoms with E-state index >= 15 is 0 Å². The summed E-state index contributed by atoms with van der Waals surface area (Å²) in [6.07, 6.45) is 7.53. The zero-order valence-corrected chi connectivity index (χ0v) is 13.4. The van der Waals surface area contributed by atoms with Gasteiger partial charge in [0.25, 0.3) is 0 Å². The number of rotatable bonds is 3. The summed E-state index contributed by atoms with van der Waals surface area (Å²) >= 11 is 0. The van der Waals surface area contributed by atoms with E-state index in [-0.39, 0.29) is 12.1 Å². The summed E-state index contributed by atoms with van der Waals surface area (Å²) in [4.78, 5) is 34.0. The van der Waals surface area contributed by atoms with Crippen molar-refractivity contribution in [3.8, 4) is 0 Å². The Morgan fingerprint density at radius 2 is 1.61 bits per heavy atom. The summed E-state index contributed by atoms with van der Waals surface area (Å²) in [5, 5.41) is 2.91. The standard InChI is InChI=1S/C15H24N6O2/c22-14(17-4-8-18-7-3-16-13-18)19-9-11-21(12-10-19)15(23)20-5-1-2-6-20/h3,7,13H,1-2,4-6,8-12H2,(H,17,22). The Labute approximate surface area is 136 Å². The number of likely N-dealkylation sites (tertiary alicyclic amines) is 1. The highest BCUT2D eigenvalue weighted by atomic mass is 16.2.